The predicted octanol–water partition coefficient (Wildman–Crippen LogP) is 3.26. The summed E-state index contributed by atoms with van der Waals surface area (Å²) in [6, 6.07) is 8.89. The first-order valence-electron chi connectivity index (χ1n) is 8.06. The zero-order chi connectivity index (χ0) is 20.5. The Morgan fingerprint density at radius 1 is 1.04 bits per heavy atom. The molecule has 0 saturated carbocycles. The van der Waals surface area contributed by atoms with Gasteiger partial charge in [0.25, 0.3) is 5.91 Å². The number of ketones is 1. The fourth-order valence-electron chi connectivity index (χ4n) is 2.02. The lowest BCUT2D eigenvalue weighted by atomic mass is 10.2. The van der Waals surface area contributed by atoms with E-state index < -0.39 is 24.5 Å². The van der Waals surface area contributed by atoms with E-state index in [4.69, 9.17) is 21.1 Å². The zero-order valence-corrected chi connectivity index (χ0v) is 16.4. The number of imide groups is 1. The van der Waals surface area contributed by atoms with Crippen molar-refractivity contribution in [2.45, 2.75) is 12.8 Å². The first kappa shape index (κ1) is 21.4. The second kappa shape index (κ2) is 10.4. The van der Waals surface area contributed by atoms with E-state index in [9.17, 15) is 19.2 Å². The number of Topliss-reactive ketones (excluding diaryl/α,β-unsaturated/α-hetero) is 1. The molecule has 0 unspecified atom stereocenters. The van der Waals surface area contributed by atoms with Gasteiger partial charge in [0.15, 0.2) is 12.4 Å². The van der Waals surface area contributed by atoms with Gasteiger partial charge in [-0.25, -0.2) is 4.79 Å². The molecule has 0 atom stereocenters. The van der Waals surface area contributed by atoms with E-state index in [-0.39, 0.29) is 18.6 Å². The smallest absolute Gasteiger partial charge is 0.325 e. The van der Waals surface area contributed by atoms with Gasteiger partial charge in [0.05, 0.1) is 22.7 Å². The number of thiophene rings is 1. The van der Waals surface area contributed by atoms with Gasteiger partial charge in [-0.15, -0.1) is 11.3 Å². The number of halogens is 1. The van der Waals surface area contributed by atoms with Crippen molar-refractivity contribution in [1.82, 2.24) is 5.32 Å². The molecule has 1 aromatic heterocycles. The number of hydrogen-bond acceptors (Lipinski definition) is 7. The average molecular weight is 425 g/mol. The van der Waals surface area contributed by atoms with Crippen LogP contribution in [0.4, 0.5) is 10.5 Å². The molecule has 2 aromatic rings. The molecule has 0 radical (unpaired) electrons. The summed E-state index contributed by atoms with van der Waals surface area (Å²) in [5, 5.41) is 4.48. The van der Waals surface area contributed by atoms with Crippen molar-refractivity contribution in [2.75, 3.05) is 19.0 Å². The molecule has 0 bridgehead atoms. The second-order valence-corrected chi connectivity index (χ2v) is 7.13. The van der Waals surface area contributed by atoms with Gasteiger partial charge in [0.1, 0.15) is 5.75 Å². The van der Waals surface area contributed by atoms with Crippen LogP contribution in [0.25, 0.3) is 0 Å². The lowest BCUT2D eigenvalue weighted by molar-refractivity contribution is -0.148. The minimum atomic E-state index is -0.796. The maximum absolute atomic E-state index is 11.9. The van der Waals surface area contributed by atoms with Crippen molar-refractivity contribution in [2.24, 2.45) is 0 Å². The van der Waals surface area contributed by atoms with Crippen molar-refractivity contribution < 1.29 is 28.7 Å². The van der Waals surface area contributed by atoms with E-state index in [1.165, 1.54) is 7.11 Å². The molecule has 0 saturated heterocycles. The molecule has 0 spiro atoms. The van der Waals surface area contributed by atoms with Crippen molar-refractivity contribution in [3.8, 4) is 5.75 Å². The molecule has 3 amide bonds. The molecule has 1 heterocycles. The molecule has 0 aliphatic rings. The number of esters is 1. The van der Waals surface area contributed by atoms with E-state index in [1.807, 2.05) is 5.32 Å². The number of urea groups is 1. The summed E-state index contributed by atoms with van der Waals surface area (Å²) in [7, 11) is 1.52. The fourth-order valence-corrected chi connectivity index (χ4v) is 3.03. The highest BCUT2D eigenvalue weighted by Gasteiger charge is 2.14. The number of benzene rings is 1. The number of rotatable bonds is 8. The van der Waals surface area contributed by atoms with E-state index >= 15 is 0 Å². The summed E-state index contributed by atoms with van der Waals surface area (Å²) in [5.41, 5.74) is 0.454. The summed E-state index contributed by atoms with van der Waals surface area (Å²) in [6.45, 7) is -0.631. The van der Waals surface area contributed by atoms with Crippen LogP contribution in [0, 0.1) is 0 Å². The maximum atomic E-state index is 11.9. The molecule has 28 heavy (non-hydrogen) atoms. The van der Waals surface area contributed by atoms with Crippen LogP contribution in [0.5, 0.6) is 5.75 Å². The molecule has 0 aliphatic carbocycles. The molecule has 2 N–H and O–H groups in total. The van der Waals surface area contributed by atoms with Crippen LogP contribution in [0.1, 0.15) is 22.5 Å². The summed E-state index contributed by atoms with van der Waals surface area (Å²) in [4.78, 5) is 47.3. The van der Waals surface area contributed by atoms with Gasteiger partial charge < -0.3 is 14.8 Å². The number of carbonyl (C=O) groups excluding carboxylic acids is 4. The van der Waals surface area contributed by atoms with Crippen LogP contribution in [0.3, 0.4) is 0 Å². The molecule has 2 rings (SSSR count). The largest absolute Gasteiger partial charge is 0.497 e. The summed E-state index contributed by atoms with van der Waals surface area (Å²) in [6.07, 6.45) is -0.241. The van der Waals surface area contributed by atoms with Gasteiger partial charge in [-0.1, -0.05) is 11.6 Å². The Morgan fingerprint density at radius 2 is 1.75 bits per heavy atom. The molecule has 8 nitrogen and oxygen atoms in total. The van der Waals surface area contributed by atoms with E-state index in [0.717, 1.165) is 11.3 Å². The Morgan fingerprint density at radius 3 is 2.36 bits per heavy atom. The summed E-state index contributed by atoms with van der Waals surface area (Å²) >= 11 is 6.87. The van der Waals surface area contributed by atoms with Gasteiger partial charge in [-0.3, -0.25) is 19.7 Å². The van der Waals surface area contributed by atoms with Crippen molar-refractivity contribution in [1.29, 1.82) is 0 Å². The van der Waals surface area contributed by atoms with Gasteiger partial charge in [0.2, 0.25) is 0 Å². The highest BCUT2D eigenvalue weighted by atomic mass is 35.5. The lowest BCUT2D eigenvalue weighted by Crippen LogP contribution is -2.37. The quantitative estimate of drug-likeness (QED) is 0.497. The minimum absolute atomic E-state index is 0.0603. The SMILES string of the molecule is COc1ccc(NC(=O)NC(=O)COC(=O)CCC(=O)c2ccc(Cl)s2)cc1. The third kappa shape index (κ3) is 7.01. The molecule has 0 fully saturated rings. The van der Waals surface area contributed by atoms with Gasteiger partial charge in [-0.2, -0.15) is 0 Å². The first-order chi connectivity index (χ1) is 13.4. The first-order valence-corrected chi connectivity index (χ1v) is 9.26. The number of nitrogens with one attached hydrogen (secondary N) is 2. The number of carbonyl (C=O) groups is 4. The third-order valence-electron chi connectivity index (χ3n) is 3.37. The monoisotopic (exact) mass is 424 g/mol. The van der Waals surface area contributed by atoms with Gasteiger partial charge in [0, 0.05) is 12.1 Å². The second-order valence-electron chi connectivity index (χ2n) is 5.42. The van der Waals surface area contributed by atoms with E-state index in [2.05, 4.69) is 5.32 Å². The number of ether oxygens (including phenoxy) is 2. The van der Waals surface area contributed by atoms with Crippen LogP contribution in [0.2, 0.25) is 4.34 Å². The molecular formula is C18H17ClN2O6S. The summed E-state index contributed by atoms with van der Waals surface area (Å²) in [5.74, 6) is -1.13. The topological polar surface area (TPSA) is 111 Å². The zero-order valence-electron chi connectivity index (χ0n) is 14.8. The van der Waals surface area contributed by atoms with Crippen LogP contribution < -0.4 is 15.4 Å². The predicted molar refractivity (Wildman–Crippen MR) is 104 cm³/mol. The van der Waals surface area contributed by atoms with Crippen molar-refractivity contribution in [3.05, 3.63) is 45.6 Å². The third-order valence-corrected chi connectivity index (χ3v) is 4.64. The Hall–Kier alpha value is -2.91. The fraction of sp³-hybridized carbons (Fsp3) is 0.222. The highest BCUT2D eigenvalue weighted by Crippen LogP contribution is 2.23. The number of anilines is 1. The Balaban J connectivity index is 1.67. The van der Waals surface area contributed by atoms with Crippen LogP contribution in [0.15, 0.2) is 36.4 Å². The number of methoxy groups -OCH3 is 1. The summed E-state index contributed by atoms with van der Waals surface area (Å²) < 4.78 is 10.2. The lowest BCUT2D eigenvalue weighted by Gasteiger charge is -2.08. The van der Waals surface area contributed by atoms with Crippen molar-refractivity contribution >= 4 is 52.3 Å². The van der Waals surface area contributed by atoms with Crippen LogP contribution in [-0.4, -0.2) is 37.4 Å². The van der Waals surface area contributed by atoms with Crippen molar-refractivity contribution in [3.63, 3.8) is 0 Å². The molecule has 10 heteroatoms. The van der Waals surface area contributed by atoms with E-state index in [0.29, 0.717) is 20.7 Å². The van der Waals surface area contributed by atoms with E-state index in [1.54, 1.807) is 36.4 Å². The normalized spacial score (nSPS) is 10.1. The van der Waals surface area contributed by atoms with Gasteiger partial charge in [-0.05, 0) is 36.4 Å². The average Bonchev–Trinajstić information content (AvgIpc) is 3.11. The van der Waals surface area contributed by atoms with Gasteiger partial charge >= 0.3 is 12.0 Å². The molecule has 0 aliphatic heterocycles. The maximum Gasteiger partial charge on any atom is 0.325 e. The number of amides is 3. The molecular weight excluding hydrogens is 408 g/mol. The standard InChI is InChI=1S/C18H17ClN2O6S/c1-26-12-4-2-11(3-5-12)20-18(25)21-16(23)10-27-17(24)9-6-13(22)14-7-8-15(19)28-14/h2-5,7-8H,6,9-10H2,1H3,(H2,20,21,23,25). The van der Waals surface area contributed by atoms with Crippen LogP contribution >= 0.6 is 22.9 Å². The molecule has 1 aromatic carbocycles. The van der Waals surface area contributed by atoms with Crippen LogP contribution in [-0.2, 0) is 14.3 Å². The Bertz CT molecular complexity index is 865. The Kier molecular flexibility index (Phi) is 7.97. The highest BCUT2D eigenvalue weighted by molar-refractivity contribution is 7.18. The minimum Gasteiger partial charge on any atom is -0.497 e. The molecule has 148 valence electrons. The number of hydrogen-bond donors (Lipinski definition) is 2. The Labute approximate surface area is 169 Å².